The fourth-order valence-electron chi connectivity index (χ4n) is 5.84. The summed E-state index contributed by atoms with van der Waals surface area (Å²) in [5, 5.41) is 7.96. The van der Waals surface area contributed by atoms with Crippen LogP contribution in [0.1, 0.15) is 49.2 Å². The molecule has 1 aliphatic carbocycles. The summed E-state index contributed by atoms with van der Waals surface area (Å²) in [4.78, 5) is 76.7. The average molecular weight is 707 g/mol. The molecule has 1 saturated heterocycles. The number of nitrogens with one attached hydrogen (secondary N) is 3. The number of rotatable bonds is 15. The molecule has 0 spiro atoms. The van der Waals surface area contributed by atoms with Gasteiger partial charge in [-0.15, -0.1) is 0 Å². The predicted molar refractivity (Wildman–Crippen MR) is 174 cm³/mol. The van der Waals surface area contributed by atoms with E-state index in [1.54, 1.807) is 0 Å². The molecule has 16 nitrogen and oxygen atoms in total. The zero-order valence-electron chi connectivity index (χ0n) is 26.8. The fraction of sp³-hybridized carbons (Fsp3) is 0.552. The molecule has 1 aromatic heterocycles. The van der Waals surface area contributed by atoms with Crippen LogP contribution in [0, 0.1) is 11.8 Å². The van der Waals surface area contributed by atoms with Gasteiger partial charge in [-0.05, 0) is 41.4 Å². The molecule has 1 aliphatic heterocycles. The Morgan fingerprint density at radius 2 is 1.81 bits per heavy atom. The zero-order valence-corrected chi connectivity index (χ0v) is 28.6. The molecule has 2 aromatic rings. The normalized spacial score (nSPS) is 21.8. The van der Waals surface area contributed by atoms with Gasteiger partial charge in [0.05, 0.1) is 11.6 Å². The fourth-order valence-corrected chi connectivity index (χ4v) is 7.44. The van der Waals surface area contributed by atoms with E-state index in [1.165, 1.54) is 18.6 Å². The van der Waals surface area contributed by atoms with Crippen molar-refractivity contribution in [3.05, 3.63) is 60.2 Å². The van der Waals surface area contributed by atoms with Gasteiger partial charge in [0.25, 0.3) is 5.91 Å². The summed E-state index contributed by atoms with van der Waals surface area (Å²) in [5.74, 6) is -1.36. The van der Waals surface area contributed by atoms with E-state index in [0.717, 1.165) is 5.56 Å². The van der Waals surface area contributed by atoms with E-state index in [-0.39, 0.29) is 49.5 Å². The molecule has 5 unspecified atom stereocenters. The molecule has 3 amide bonds. The lowest BCUT2D eigenvalue weighted by Gasteiger charge is -2.32. The molecular weight excluding hydrogens is 665 g/mol. The highest BCUT2D eigenvalue weighted by Crippen LogP contribution is 2.51. The first-order valence-electron chi connectivity index (χ1n) is 15.7. The Labute approximate surface area is 280 Å². The van der Waals surface area contributed by atoms with Crippen LogP contribution in [0.2, 0.25) is 0 Å². The molecule has 1 aromatic carbocycles. The van der Waals surface area contributed by atoms with Crippen molar-refractivity contribution >= 4 is 40.5 Å². The summed E-state index contributed by atoms with van der Waals surface area (Å²) >= 11 is 0. The molecule has 6 N–H and O–H groups in total. The van der Waals surface area contributed by atoms with Crippen LogP contribution >= 0.6 is 15.6 Å². The van der Waals surface area contributed by atoms with Crippen LogP contribution < -0.4 is 16.0 Å². The van der Waals surface area contributed by atoms with Gasteiger partial charge < -0.3 is 29.7 Å². The summed E-state index contributed by atoms with van der Waals surface area (Å²) in [6, 6.07) is 8.45. The first-order chi connectivity index (χ1) is 22.8. The molecule has 2 aliphatic rings. The third-order valence-corrected chi connectivity index (χ3v) is 11.2. The van der Waals surface area contributed by atoms with E-state index >= 15 is 0 Å². The summed E-state index contributed by atoms with van der Waals surface area (Å²) in [5.41, 5.74) is -1.99. The van der Waals surface area contributed by atoms with E-state index in [2.05, 4.69) is 34.4 Å². The van der Waals surface area contributed by atoms with Crippen molar-refractivity contribution < 1.29 is 47.5 Å². The number of hydrogen-bond acceptors (Lipinski definition) is 10. The second kappa shape index (κ2) is 17.0. The van der Waals surface area contributed by atoms with Crippen molar-refractivity contribution in [2.75, 3.05) is 32.8 Å². The number of benzene rings is 1. The van der Waals surface area contributed by atoms with Crippen molar-refractivity contribution in [2.45, 2.75) is 56.5 Å². The lowest BCUT2D eigenvalue weighted by Crippen LogP contribution is -2.60. The second-order valence-corrected chi connectivity index (χ2v) is 15.5. The standard InChI is InChI=1S/C29H41BN6O10P2/c1-20(2)22-18-29(22,35-27(39)23(17-21-7-4-3-5-8-21)33-26(38)24-19-31-10-11-32-24)30-45-15-13-36(14-16-46-30)12-6-9-25(37)34-28(47(40)41)48(42,43)44/h3-5,7-8,10-11,19-20,22-23,28H,6,9,12-18H2,1-2H3,(H5-,33,34,35,37,38,39,40,41,42,43,44)/p+1. The number of hydrogen-bond donors (Lipinski definition) is 6. The largest absolute Gasteiger partial charge is 0.544 e. The summed E-state index contributed by atoms with van der Waals surface area (Å²) in [6.45, 7) is 6.10. The predicted octanol–water partition coefficient (Wildman–Crippen LogP) is 0.817. The maximum atomic E-state index is 13.9. The summed E-state index contributed by atoms with van der Waals surface area (Å²) < 4.78 is 35.0. The first-order valence-corrected chi connectivity index (χ1v) is 18.6. The Hall–Kier alpha value is -3.14. The molecule has 4 rings (SSSR count). The number of aromatic nitrogens is 2. The van der Waals surface area contributed by atoms with Gasteiger partial charge in [0, 0.05) is 51.5 Å². The van der Waals surface area contributed by atoms with E-state index in [4.69, 9.17) is 14.2 Å². The Morgan fingerprint density at radius 3 is 2.38 bits per heavy atom. The van der Waals surface area contributed by atoms with Gasteiger partial charge in [0.2, 0.25) is 11.8 Å². The van der Waals surface area contributed by atoms with E-state index in [9.17, 15) is 33.3 Å². The summed E-state index contributed by atoms with van der Waals surface area (Å²) in [6.07, 6.45) is 5.29. The Kier molecular flexibility index (Phi) is 13.3. The minimum atomic E-state index is -4.99. The molecule has 2 heterocycles. The van der Waals surface area contributed by atoms with Gasteiger partial charge in [-0.3, -0.25) is 34.1 Å². The molecule has 48 heavy (non-hydrogen) atoms. The van der Waals surface area contributed by atoms with Crippen LogP contribution in [-0.4, -0.2) is 104 Å². The lowest BCUT2D eigenvalue weighted by atomic mass is 9.71. The molecule has 260 valence electrons. The van der Waals surface area contributed by atoms with Gasteiger partial charge in [-0.25, -0.2) is 4.98 Å². The van der Waals surface area contributed by atoms with Crippen LogP contribution in [0.5, 0.6) is 0 Å². The maximum Gasteiger partial charge on any atom is 0.544 e. The minimum absolute atomic E-state index is 0.0691. The molecule has 0 radical (unpaired) electrons. The van der Waals surface area contributed by atoms with Gasteiger partial charge in [-0.2, -0.15) is 4.89 Å². The Bertz CT molecular complexity index is 1460. The Balaban J connectivity index is 1.36. The smallest absolute Gasteiger partial charge is 0.408 e. The molecule has 19 heteroatoms. The molecule has 2 fully saturated rings. The van der Waals surface area contributed by atoms with Crippen LogP contribution in [0.15, 0.2) is 48.9 Å². The van der Waals surface area contributed by atoms with E-state index in [0.29, 0.717) is 32.5 Å². The van der Waals surface area contributed by atoms with Crippen molar-refractivity contribution in [1.82, 2.24) is 30.8 Å². The number of nitrogens with zero attached hydrogens (tertiary/aromatic N) is 3. The monoisotopic (exact) mass is 707 g/mol. The van der Waals surface area contributed by atoms with Gasteiger partial charge in [0.1, 0.15) is 11.7 Å². The van der Waals surface area contributed by atoms with Crippen LogP contribution in [0.4, 0.5) is 0 Å². The van der Waals surface area contributed by atoms with Gasteiger partial charge >= 0.3 is 28.3 Å². The highest BCUT2D eigenvalue weighted by atomic mass is 31.2. The molecule has 1 saturated carbocycles. The number of carbonyl (C=O) groups excluding carboxylic acids is 3. The highest BCUT2D eigenvalue weighted by molar-refractivity contribution is 7.65. The maximum absolute atomic E-state index is 13.9. The Morgan fingerprint density at radius 1 is 1.12 bits per heavy atom. The van der Waals surface area contributed by atoms with Crippen LogP contribution in [0.25, 0.3) is 0 Å². The summed E-state index contributed by atoms with van der Waals surface area (Å²) in [7, 11) is -9.03. The third kappa shape index (κ3) is 10.4. The van der Waals surface area contributed by atoms with Gasteiger partial charge in [-0.1, -0.05) is 44.2 Å². The topological polar surface area (TPSA) is 230 Å². The number of carbonyl (C=O) groups is 3. The molecule has 0 bridgehead atoms. The van der Waals surface area contributed by atoms with Gasteiger partial charge in [0.15, 0.2) is 0 Å². The van der Waals surface area contributed by atoms with Crippen LogP contribution in [-0.2, 0) is 34.4 Å². The van der Waals surface area contributed by atoms with Crippen LogP contribution in [0.3, 0.4) is 0 Å². The van der Waals surface area contributed by atoms with Crippen molar-refractivity contribution in [1.29, 1.82) is 0 Å². The zero-order chi connectivity index (χ0) is 34.9. The SMILES string of the molecule is CC(C)C1CC1(NC(=O)C(Cc1ccccc1)NC(=O)c1cnccn1)B1OCCN(CCCC(=O)NC([P+](=O)O)P(=O)(O)O)CCO1. The van der Waals surface area contributed by atoms with Crippen molar-refractivity contribution in [2.24, 2.45) is 11.8 Å². The third-order valence-electron chi connectivity index (χ3n) is 8.39. The van der Waals surface area contributed by atoms with Crippen molar-refractivity contribution in [3.8, 4) is 0 Å². The highest BCUT2D eigenvalue weighted by Gasteiger charge is 2.66. The minimum Gasteiger partial charge on any atom is -0.408 e. The molecular formula is C29H42BN6O10P2+. The first kappa shape index (κ1) is 37.7. The van der Waals surface area contributed by atoms with E-state index < -0.39 is 51.6 Å². The second-order valence-electron chi connectivity index (χ2n) is 12.2. The quantitative estimate of drug-likeness (QED) is 0.111. The lowest BCUT2D eigenvalue weighted by molar-refractivity contribution is -0.124. The van der Waals surface area contributed by atoms with Crippen molar-refractivity contribution in [3.63, 3.8) is 0 Å². The average Bonchev–Trinajstić information content (AvgIpc) is 3.75. The van der Waals surface area contributed by atoms with E-state index in [1.807, 2.05) is 40.5 Å². The molecule has 5 atom stereocenters. The number of amides is 3.